The molecule has 2 fully saturated rings. The zero-order valence-electron chi connectivity index (χ0n) is 8.25. The molecule has 0 spiro atoms. The van der Waals surface area contributed by atoms with Gasteiger partial charge in [-0.15, -0.1) is 0 Å². The summed E-state index contributed by atoms with van der Waals surface area (Å²) in [4.78, 5) is 2.46. The second kappa shape index (κ2) is 2.46. The largest absolute Gasteiger partial charge is 0.395 e. The minimum atomic E-state index is 0.237. The first kappa shape index (κ1) is 8.52. The lowest BCUT2D eigenvalue weighted by Crippen LogP contribution is -2.48. The first-order valence-electron chi connectivity index (χ1n) is 4.91. The summed E-state index contributed by atoms with van der Waals surface area (Å²) in [5.41, 5.74) is 0.237. The SMILES string of the molecule is CC(C)(C)N1CC2CC2C1CO. The Morgan fingerprint density at radius 2 is 2.08 bits per heavy atom. The third-order valence-electron chi connectivity index (χ3n) is 3.35. The maximum Gasteiger partial charge on any atom is 0.0589 e. The van der Waals surface area contributed by atoms with Gasteiger partial charge in [-0.3, -0.25) is 4.90 Å². The molecular weight excluding hydrogens is 150 g/mol. The number of fused-ring (bicyclic) bond motifs is 1. The zero-order chi connectivity index (χ0) is 8.93. The molecule has 1 N–H and O–H groups in total. The standard InChI is InChI=1S/C10H19NO/c1-10(2,3)11-5-7-4-8(7)9(11)6-12/h7-9,12H,4-6H2,1-3H3. The summed E-state index contributed by atoms with van der Waals surface area (Å²) in [5, 5.41) is 9.26. The van der Waals surface area contributed by atoms with Crippen LogP contribution in [-0.2, 0) is 0 Å². The van der Waals surface area contributed by atoms with Crippen molar-refractivity contribution in [3.05, 3.63) is 0 Å². The number of aliphatic hydroxyl groups excluding tert-OH is 1. The van der Waals surface area contributed by atoms with E-state index in [2.05, 4.69) is 25.7 Å². The number of nitrogens with zero attached hydrogens (tertiary/aromatic N) is 1. The quantitative estimate of drug-likeness (QED) is 0.635. The number of aliphatic hydroxyl groups is 1. The highest BCUT2D eigenvalue weighted by molar-refractivity contribution is 5.06. The Bertz CT molecular complexity index is 185. The van der Waals surface area contributed by atoms with Gasteiger partial charge in [-0.05, 0) is 39.0 Å². The van der Waals surface area contributed by atoms with Gasteiger partial charge >= 0.3 is 0 Å². The number of hydrogen-bond acceptors (Lipinski definition) is 2. The van der Waals surface area contributed by atoms with Gasteiger partial charge in [0.1, 0.15) is 0 Å². The van der Waals surface area contributed by atoms with Crippen molar-refractivity contribution in [1.29, 1.82) is 0 Å². The Labute approximate surface area is 74.6 Å². The van der Waals surface area contributed by atoms with Crippen molar-refractivity contribution in [2.45, 2.75) is 38.8 Å². The van der Waals surface area contributed by atoms with Crippen LogP contribution in [0.5, 0.6) is 0 Å². The minimum Gasteiger partial charge on any atom is -0.395 e. The first-order valence-corrected chi connectivity index (χ1v) is 4.91. The van der Waals surface area contributed by atoms with Crippen LogP contribution in [-0.4, -0.2) is 34.7 Å². The van der Waals surface area contributed by atoms with Gasteiger partial charge in [-0.25, -0.2) is 0 Å². The Hall–Kier alpha value is -0.0800. The Kier molecular flexibility index (Phi) is 1.74. The van der Waals surface area contributed by atoms with Gasteiger partial charge in [-0.1, -0.05) is 0 Å². The molecule has 0 radical (unpaired) electrons. The lowest BCUT2D eigenvalue weighted by atomic mass is 10.0. The fourth-order valence-corrected chi connectivity index (χ4v) is 2.58. The maximum atomic E-state index is 9.26. The van der Waals surface area contributed by atoms with Crippen molar-refractivity contribution in [3.8, 4) is 0 Å². The second-order valence-electron chi connectivity index (χ2n) is 5.23. The Morgan fingerprint density at radius 3 is 2.50 bits per heavy atom. The molecule has 1 aliphatic carbocycles. The van der Waals surface area contributed by atoms with Crippen LogP contribution in [0.25, 0.3) is 0 Å². The van der Waals surface area contributed by atoms with Crippen molar-refractivity contribution < 1.29 is 5.11 Å². The second-order valence-corrected chi connectivity index (χ2v) is 5.23. The maximum absolute atomic E-state index is 9.26. The van der Waals surface area contributed by atoms with Crippen LogP contribution in [0.15, 0.2) is 0 Å². The monoisotopic (exact) mass is 169 g/mol. The molecule has 1 saturated heterocycles. The molecule has 0 aromatic rings. The van der Waals surface area contributed by atoms with Crippen molar-refractivity contribution in [3.63, 3.8) is 0 Å². The van der Waals surface area contributed by atoms with E-state index in [9.17, 15) is 5.11 Å². The van der Waals surface area contributed by atoms with E-state index < -0.39 is 0 Å². The van der Waals surface area contributed by atoms with Crippen LogP contribution in [0.1, 0.15) is 27.2 Å². The highest BCUT2D eigenvalue weighted by Gasteiger charge is 2.54. The summed E-state index contributed by atoms with van der Waals surface area (Å²) < 4.78 is 0. The molecule has 0 amide bonds. The molecule has 1 heterocycles. The molecule has 70 valence electrons. The van der Waals surface area contributed by atoms with E-state index >= 15 is 0 Å². The highest BCUT2D eigenvalue weighted by Crippen LogP contribution is 2.51. The van der Waals surface area contributed by atoms with Gasteiger partial charge in [-0.2, -0.15) is 0 Å². The van der Waals surface area contributed by atoms with E-state index in [-0.39, 0.29) is 5.54 Å². The zero-order valence-corrected chi connectivity index (χ0v) is 8.25. The van der Waals surface area contributed by atoms with Gasteiger partial charge in [0.2, 0.25) is 0 Å². The molecule has 2 heteroatoms. The van der Waals surface area contributed by atoms with Crippen molar-refractivity contribution in [1.82, 2.24) is 4.90 Å². The molecule has 0 aromatic heterocycles. The summed E-state index contributed by atoms with van der Waals surface area (Å²) in [6.45, 7) is 8.26. The van der Waals surface area contributed by atoms with Crippen molar-refractivity contribution in [2.24, 2.45) is 11.8 Å². The Balaban J connectivity index is 2.08. The first-order chi connectivity index (χ1) is 5.54. The van der Waals surface area contributed by atoms with Crippen LogP contribution in [0.3, 0.4) is 0 Å². The van der Waals surface area contributed by atoms with Crippen LogP contribution in [0, 0.1) is 11.8 Å². The topological polar surface area (TPSA) is 23.5 Å². The van der Waals surface area contributed by atoms with E-state index in [0.29, 0.717) is 12.6 Å². The van der Waals surface area contributed by atoms with Gasteiger partial charge in [0, 0.05) is 18.1 Å². The Morgan fingerprint density at radius 1 is 1.42 bits per heavy atom. The van der Waals surface area contributed by atoms with Gasteiger partial charge in [0.25, 0.3) is 0 Å². The highest BCUT2D eigenvalue weighted by atomic mass is 16.3. The van der Waals surface area contributed by atoms with E-state index in [1.54, 1.807) is 0 Å². The molecule has 2 rings (SSSR count). The summed E-state index contributed by atoms with van der Waals surface area (Å²) in [5.74, 6) is 1.72. The molecule has 3 unspecified atom stereocenters. The van der Waals surface area contributed by atoms with Crippen LogP contribution >= 0.6 is 0 Å². The fraction of sp³-hybridized carbons (Fsp3) is 1.00. The molecule has 0 bridgehead atoms. The van der Waals surface area contributed by atoms with E-state index in [0.717, 1.165) is 11.8 Å². The van der Waals surface area contributed by atoms with E-state index in [1.807, 2.05) is 0 Å². The fourth-order valence-electron chi connectivity index (χ4n) is 2.58. The predicted octanol–water partition coefficient (Wildman–Crippen LogP) is 1.10. The number of likely N-dealkylation sites (tertiary alicyclic amines) is 1. The molecular formula is C10H19NO. The van der Waals surface area contributed by atoms with Crippen molar-refractivity contribution in [2.75, 3.05) is 13.2 Å². The molecule has 2 nitrogen and oxygen atoms in total. The number of piperidine rings is 1. The average Bonchev–Trinajstić information content (AvgIpc) is 2.61. The van der Waals surface area contributed by atoms with Crippen LogP contribution in [0.4, 0.5) is 0 Å². The summed E-state index contributed by atoms with van der Waals surface area (Å²) in [7, 11) is 0. The lowest BCUT2D eigenvalue weighted by Gasteiger charge is -2.38. The predicted molar refractivity (Wildman–Crippen MR) is 48.9 cm³/mol. The van der Waals surface area contributed by atoms with Crippen molar-refractivity contribution >= 4 is 0 Å². The lowest BCUT2D eigenvalue weighted by molar-refractivity contribution is 0.0612. The van der Waals surface area contributed by atoms with E-state index in [1.165, 1.54) is 13.0 Å². The molecule has 2 aliphatic rings. The van der Waals surface area contributed by atoms with Crippen LogP contribution in [0.2, 0.25) is 0 Å². The smallest absolute Gasteiger partial charge is 0.0589 e. The molecule has 0 aromatic carbocycles. The normalized spacial score (nSPS) is 41.5. The summed E-state index contributed by atoms with van der Waals surface area (Å²) >= 11 is 0. The molecule has 1 aliphatic heterocycles. The molecule has 1 saturated carbocycles. The average molecular weight is 169 g/mol. The molecule has 3 atom stereocenters. The summed E-state index contributed by atoms with van der Waals surface area (Å²) in [6, 6.07) is 0.454. The van der Waals surface area contributed by atoms with E-state index in [4.69, 9.17) is 0 Å². The third-order valence-corrected chi connectivity index (χ3v) is 3.35. The molecule has 12 heavy (non-hydrogen) atoms. The minimum absolute atomic E-state index is 0.237. The number of hydrogen-bond donors (Lipinski definition) is 1. The summed E-state index contributed by atoms with van der Waals surface area (Å²) in [6.07, 6.45) is 1.36. The van der Waals surface area contributed by atoms with Gasteiger partial charge in [0.15, 0.2) is 0 Å². The van der Waals surface area contributed by atoms with Crippen LogP contribution < -0.4 is 0 Å². The number of rotatable bonds is 1. The van der Waals surface area contributed by atoms with Gasteiger partial charge < -0.3 is 5.11 Å². The van der Waals surface area contributed by atoms with Gasteiger partial charge in [0.05, 0.1) is 6.61 Å². The third kappa shape index (κ3) is 1.17.